The van der Waals surface area contributed by atoms with E-state index in [0.717, 1.165) is 28.6 Å². The van der Waals surface area contributed by atoms with E-state index in [2.05, 4.69) is 25.5 Å². The van der Waals surface area contributed by atoms with Gasteiger partial charge in [-0.2, -0.15) is 4.98 Å². The molecule has 0 atom stereocenters. The fraction of sp³-hybridized carbons (Fsp3) is 0.0833. The predicted molar refractivity (Wildman–Crippen MR) is 122 cm³/mol. The highest BCUT2D eigenvalue weighted by Crippen LogP contribution is 2.31. The summed E-state index contributed by atoms with van der Waals surface area (Å²) in [5, 5.41) is 6.56. The SMILES string of the molecule is CN(C)c1ccc(Nc2nccc(Nc3ccccc3Oc3ccccc3)n2)cc1. The van der Waals surface area contributed by atoms with Crippen LogP contribution >= 0.6 is 0 Å². The number of nitrogens with one attached hydrogen (secondary N) is 2. The molecule has 0 unspecified atom stereocenters. The Labute approximate surface area is 176 Å². The Bertz CT molecular complexity index is 1100. The van der Waals surface area contributed by atoms with Gasteiger partial charge in [0.15, 0.2) is 5.75 Å². The van der Waals surface area contributed by atoms with Crippen LogP contribution in [0, 0.1) is 0 Å². The van der Waals surface area contributed by atoms with Gasteiger partial charge in [0.2, 0.25) is 5.95 Å². The summed E-state index contributed by atoms with van der Waals surface area (Å²) in [6, 6.07) is 27.4. The van der Waals surface area contributed by atoms with Crippen LogP contribution in [-0.2, 0) is 0 Å². The lowest BCUT2D eigenvalue weighted by molar-refractivity contribution is 0.485. The zero-order chi connectivity index (χ0) is 20.8. The maximum atomic E-state index is 6.01. The minimum absolute atomic E-state index is 0.513. The first kappa shape index (κ1) is 19.3. The van der Waals surface area contributed by atoms with Crippen molar-refractivity contribution >= 4 is 28.8 Å². The van der Waals surface area contributed by atoms with Gasteiger partial charge in [-0.25, -0.2) is 4.98 Å². The van der Waals surface area contributed by atoms with Crippen molar-refractivity contribution in [2.45, 2.75) is 0 Å². The van der Waals surface area contributed by atoms with E-state index in [4.69, 9.17) is 4.74 Å². The fourth-order valence-electron chi connectivity index (χ4n) is 2.87. The van der Waals surface area contributed by atoms with E-state index >= 15 is 0 Å². The number of benzene rings is 3. The van der Waals surface area contributed by atoms with Crippen molar-refractivity contribution in [3.8, 4) is 11.5 Å². The molecule has 4 aromatic rings. The van der Waals surface area contributed by atoms with Gasteiger partial charge in [-0.05, 0) is 54.6 Å². The van der Waals surface area contributed by atoms with E-state index in [1.807, 2.05) is 99.0 Å². The highest BCUT2D eigenvalue weighted by molar-refractivity contribution is 5.66. The van der Waals surface area contributed by atoms with Crippen LogP contribution < -0.4 is 20.3 Å². The molecule has 2 N–H and O–H groups in total. The molecule has 3 aromatic carbocycles. The standard InChI is InChI=1S/C24H23N5O/c1-29(2)19-14-12-18(13-15-19)26-24-25-17-16-23(28-24)27-21-10-6-7-11-22(21)30-20-8-4-3-5-9-20/h3-17H,1-2H3,(H2,25,26,27,28). The minimum atomic E-state index is 0.513. The van der Waals surface area contributed by atoms with E-state index < -0.39 is 0 Å². The lowest BCUT2D eigenvalue weighted by atomic mass is 10.2. The highest BCUT2D eigenvalue weighted by Gasteiger charge is 2.07. The molecular formula is C24H23N5O. The van der Waals surface area contributed by atoms with Gasteiger partial charge in [0.05, 0.1) is 5.69 Å². The first-order chi connectivity index (χ1) is 14.7. The molecule has 0 spiro atoms. The Kier molecular flexibility index (Phi) is 5.75. The molecule has 0 aliphatic rings. The lowest BCUT2D eigenvalue weighted by Gasteiger charge is -2.14. The zero-order valence-corrected chi connectivity index (χ0v) is 16.9. The second-order valence-corrected chi connectivity index (χ2v) is 6.87. The summed E-state index contributed by atoms with van der Waals surface area (Å²) in [7, 11) is 4.03. The largest absolute Gasteiger partial charge is 0.455 e. The third kappa shape index (κ3) is 4.86. The van der Waals surface area contributed by atoms with E-state index in [1.54, 1.807) is 6.20 Å². The average molecular weight is 397 g/mol. The van der Waals surface area contributed by atoms with Gasteiger partial charge < -0.3 is 20.3 Å². The van der Waals surface area contributed by atoms with Gasteiger partial charge in [-0.3, -0.25) is 0 Å². The van der Waals surface area contributed by atoms with Crippen LogP contribution in [0.25, 0.3) is 0 Å². The van der Waals surface area contributed by atoms with Crippen LogP contribution in [0.3, 0.4) is 0 Å². The molecule has 0 saturated carbocycles. The summed E-state index contributed by atoms with van der Waals surface area (Å²) in [6.45, 7) is 0. The van der Waals surface area contributed by atoms with E-state index in [-0.39, 0.29) is 0 Å². The van der Waals surface area contributed by atoms with Crippen LogP contribution in [0.15, 0.2) is 91.1 Å². The number of hydrogen-bond acceptors (Lipinski definition) is 6. The second-order valence-electron chi connectivity index (χ2n) is 6.87. The fourth-order valence-corrected chi connectivity index (χ4v) is 2.87. The van der Waals surface area contributed by atoms with Crippen LogP contribution in [0.2, 0.25) is 0 Å². The Morgan fingerprint density at radius 2 is 1.50 bits per heavy atom. The average Bonchev–Trinajstić information content (AvgIpc) is 2.76. The molecule has 0 aliphatic carbocycles. The van der Waals surface area contributed by atoms with Gasteiger partial charge in [0.1, 0.15) is 11.6 Å². The van der Waals surface area contributed by atoms with Crippen molar-refractivity contribution in [2.75, 3.05) is 29.6 Å². The number of rotatable bonds is 7. The summed E-state index contributed by atoms with van der Waals surface area (Å²) >= 11 is 0. The Morgan fingerprint density at radius 3 is 2.27 bits per heavy atom. The first-order valence-electron chi connectivity index (χ1n) is 9.64. The number of para-hydroxylation sites is 3. The summed E-state index contributed by atoms with van der Waals surface area (Å²) in [5.41, 5.74) is 2.87. The summed E-state index contributed by atoms with van der Waals surface area (Å²) < 4.78 is 6.01. The van der Waals surface area contributed by atoms with Crippen molar-refractivity contribution < 1.29 is 4.74 Å². The van der Waals surface area contributed by atoms with Crippen LogP contribution in [0.4, 0.5) is 28.8 Å². The highest BCUT2D eigenvalue weighted by atomic mass is 16.5. The molecule has 0 aliphatic heterocycles. The van der Waals surface area contributed by atoms with Crippen molar-refractivity contribution in [2.24, 2.45) is 0 Å². The molecule has 6 heteroatoms. The van der Waals surface area contributed by atoms with E-state index in [1.165, 1.54) is 0 Å². The normalized spacial score (nSPS) is 10.3. The van der Waals surface area contributed by atoms with E-state index in [9.17, 15) is 0 Å². The minimum Gasteiger partial charge on any atom is -0.455 e. The van der Waals surface area contributed by atoms with Crippen LogP contribution in [0.1, 0.15) is 0 Å². The molecule has 0 fully saturated rings. The Balaban J connectivity index is 1.50. The molecule has 0 saturated heterocycles. The zero-order valence-electron chi connectivity index (χ0n) is 16.9. The number of hydrogen-bond donors (Lipinski definition) is 2. The Morgan fingerprint density at radius 1 is 0.767 bits per heavy atom. The molecule has 6 nitrogen and oxygen atoms in total. The monoisotopic (exact) mass is 397 g/mol. The molecule has 1 aromatic heterocycles. The third-order valence-electron chi connectivity index (χ3n) is 4.42. The van der Waals surface area contributed by atoms with E-state index in [0.29, 0.717) is 11.8 Å². The van der Waals surface area contributed by atoms with Crippen molar-refractivity contribution in [1.29, 1.82) is 0 Å². The van der Waals surface area contributed by atoms with Crippen LogP contribution in [-0.4, -0.2) is 24.1 Å². The van der Waals surface area contributed by atoms with Gasteiger partial charge >= 0.3 is 0 Å². The Hall–Kier alpha value is -4.06. The summed E-state index contributed by atoms with van der Waals surface area (Å²) in [5.74, 6) is 2.68. The van der Waals surface area contributed by atoms with Crippen LogP contribution in [0.5, 0.6) is 11.5 Å². The number of anilines is 5. The first-order valence-corrected chi connectivity index (χ1v) is 9.64. The molecule has 1 heterocycles. The smallest absolute Gasteiger partial charge is 0.229 e. The van der Waals surface area contributed by atoms with Crippen molar-refractivity contribution in [3.05, 3.63) is 91.1 Å². The quantitative estimate of drug-likeness (QED) is 0.410. The number of nitrogens with zero attached hydrogens (tertiary/aromatic N) is 3. The maximum Gasteiger partial charge on any atom is 0.229 e. The van der Waals surface area contributed by atoms with Gasteiger partial charge in [-0.1, -0.05) is 30.3 Å². The molecule has 150 valence electrons. The molecule has 0 amide bonds. The summed E-state index contributed by atoms with van der Waals surface area (Å²) in [6.07, 6.45) is 1.71. The van der Waals surface area contributed by atoms with Gasteiger partial charge in [0.25, 0.3) is 0 Å². The molecule has 30 heavy (non-hydrogen) atoms. The van der Waals surface area contributed by atoms with Gasteiger partial charge in [0, 0.05) is 31.7 Å². The topological polar surface area (TPSA) is 62.3 Å². The van der Waals surface area contributed by atoms with Crippen molar-refractivity contribution in [3.63, 3.8) is 0 Å². The number of ether oxygens (including phenoxy) is 1. The predicted octanol–water partition coefficient (Wildman–Crippen LogP) is 5.82. The molecule has 0 radical (unpaired) electrons. The van der Waals surface area contributed by atoms with Gasteiger partial charge in [-0.15, -0.1) is 0 Å². The lowest BCUT2D eigenvalue weighted by Crippen LogP contribution is -2.08. The molecule has 4 rings (SSSR count). The van der Waals surface area contributed by atoms with Crippen molar-refractivity contribution in [1.82, 2.24) is 9.97 Å². The molecular weight excluding hydrogens is 374 g/mol. The second kappa shape index (κ2) is 8.96. The number of aromatic nitrogens is 2. The third-order valence-corrected chi connectivity index (χ3v) is 4.42. The maximum absolute atomic E-state index is 6.01. The summed E-state index contributed by atoms with van der Waals surface area (Å²) in [4.78, 5) is 10.9. The molecule has 0 bridgehead atoms.